The molecule has 3 rings (SSSR count). The molecule has 1 heterocycles. The smallest absolute Gasteiger partial charge is 0.104 e. The van der Waals surface area contributed by atoms with E-state index in [1.807, 2.05) is 36.4 Å². The summed E-state index contributed by atoms with van der Waals surface area (Å²) in [5.74, 6) is 0. The molecular weight excluding hydrogens is 327 g/mol. The van der Waals surface area contributed by atoms with Gasteiger partial charge in [0.05, 0.1) is 12.4 Å². The van der Waals surface area contributed by atoms with Gasteiger partial charge in [-0.15, -0.1) is 12.4 Å². The third-order valence-corrected chi connectivity index (χ3v) is 4.41. The lowest BCUT2D eigenvalue weighted by molar-refractivity contribution is 0.212. The molecule has 0 fully saturated rings. The van der Waals surface area contributed by atoms with E-state index in [4.69, 9.17) is 5.73 Å². The third-order valence-electron chi connectivity index (χ3n) is 4.41. The van der Waals surface area contributed by atoms with Gasteiger partial charge < -0.3 is 16.2 Å². The molecule has 3 nitrogen and oxygen atoms in total. The van der Waals surface area contributed by atoms with Crippen molar-refractivity contribution < 1.29 is 9.50 Å². The van der Waals surface area contributed by atoms with Gasteiger partial charge in [0.2, 0.25) is 0 Å². The number of aryl methyl sites for hydroxylation is 1. The molecule has 0 spiro atoms. The Labute approximate surface area is 147 Å². The van der Waals surface area contributed by atoms with E-state index in [-0.39, 0.29) is 24.5 Å². The van der Waals surface area contributed by atoms with Crippen molar-refractivity contribution in [3.8, 4) is 0 Å². The lowest BCUT2D eigenvalue weighted by atomic mass is 9.91. The molecule has 4 N–H and O–H groups in total. The molecule has 1 aliphatic heterocycles. The highest BCUT2D eigenvalue weighted by Gasteiger charge is 2.21. The first-order chi connectivity index (χ1) is 11.2. The number of aliphatic hydroxyl groups excluding tert-OH is 1. The van der Waals surface area contributed by atoms with Crippen molar-refractivity contribution in [3.05, 3.63) is 77.1 Å². The van der Waals surface area contributed by atoms with Gasteiger partial charge in [0.25, 0.3) is 0 Å². The van der Waals surface area contributed by atoms with Crippen molar-refractivity contribution in [2.24, 2.45) is 5.73 Å². The van der Waals surface area contributed by atoms with Gasteiger partial charge in [0.1, 0.15) is 6.10 Å². The summed E-state index contributed by atoms with van der Waals surface area (Å²) in [4.78, 5) is 0. The number of anilines is 1. The Hall–Kier alpha value is -1.88. The number of nitrogens with one attached hydrogen (secondary N) is 1. The predicted octanol–water partition coefficient (Wildman–Crippen LogP) is 4.05. The van der Waals surface area contributed by atoms with Crippen LogP contribution in [0.5, 0.6) is 0 Å². The molecule has 0 radical (unpaired) electrons. The molecule has 2 atom stereocenters. The summed E-state index contributed by atoms with van der Waals surface area (Å²) < 4.78 is 12.8. The third kappa shape index (κ3) is 3.78. The highest BCUT2D eigenvalue weighted by molar-refractivity contribution is 5.85. The minimum atomic E-state index is -0.984. The van der Waals surface area contributed by atoms with Gasteiger partial charge in [0.15, 0.2) is 0 Å². The largest absolute Gasteiger partial charge is 0.384 e. The van der Waals surface area contributed by atoms with E-state index < -0.39 is 6.10 Å². The molecule has 128 valence electrons. The number of benzene rings is 2. The van der Waals surface area contributed by atoms with E-state index in [0.717, 1.165) is 24.1 Å². The Morgan fingerprint density at radius 3 is 2.71 bits per heavy atom. The van der Waals surface area contributed by atoms with Crippen LogP contribution in [-0.4, -0.2) is 11.7 Å². The molecule has 0 aliphatic carbocycles. The second-order valence-corrected chi connectivity index (χ2v) is 5.85. The quantitative estimate of drug-likeness (QED) is 0.781. The van der Waals surface area contributed by atoms with Gasteiger partial charge in [-0.05, 0) is 35.6 Å². The number of nitrogens with two attached hydrogens (primary N) is 1. The minimum absolute atomic E-state index is 0. The summed E-state index contributed by atoms with van der Waals surface area (Å²) in [6.07, 6.45) is 1.31. The summed E-state index contributed by atoms with van der Waals surface area (Å²) >= 11 is 0. The van der Waals surface area contributed by atoms with Gasteiger partial charge in [-0.2, -0.15) is 0 Å². The molecule has 0 aromatic heterocycles. The van der Waals surface area contributed by atoms with Gasteiger partial charge in [-0.25, -0.2) is 4.39 Å². The van der Waals surface area contributed by atoms with E-state index in [9.17, 15) is 9.50 Å². The zero-order chi connectivity index (χ0) is 16.2. The van der Waals surface area contributed by atoms with Gasteiger partial charge >= 0.3 is 0 Å². The maximum atomic E-state index is 12.8. The first kappa shape index (κ1) is 18.5. The number of aliphatic hydroxyl groups is 1. The summed E-state index contributed by atoms with van der Waals surface area (Å²) in [7, 11) is 0. The monoisotopic (exact) mass is 348 g/mol. The predicted molar refractivity (Wildman–Crippen MR) is 98.0 cm³/mol. The van der Waals surface area contributed by atoms with E-state index in [0.29, 0.717) is 17.9 Å². The minimum Gasteiger partial charge on any atom is -0.384 e. The molecule has 0 amide bonds. The average molecular weight is 349 g/mol. The zero-order valence-electron chi connectivity index (χ0n) is 13.3. The number of hydrogen-bond acceptors (Lipinski definition) is 3. The van der Waals surface area contributed by atoms with Crippen LogP contribution in [0.4, 0.5) is 10.1 Å². The van der Waals surface area contributed by atoms with Gasteiger partial charge in [0, 0.05) is 17.8 Å². The van der Waals surface area contributed by atoms with Crippen LogP contribution in [0.15, 0.2) is 60.4 Å². The fourth-order valence-corrected chi connectivity index (χ4v) is 3.06. The zero-order valence-corrected chi connectivity index (χ0v) is 14.1. The first-order valence-electron chi connectivity index (χ1n) is 7.84. The van der Waals surface area contributed by atoms with E-state index in [1.165, 1.54) is 5.56 Å². The van der Waals surface area contributed by atoms with Crippen LogP contribution < -0.4 is 11.1 Å². The second kappa shape index (κ2) is 8.29. The summed E-state index contributed by atoms with van der Waals surface area (Å²) in [6, 6.07) is 16.4. The van der Waals surface area contributed by atoms with Gasteiger partial charge in [-0.3, -0.25) is 0 Å². The molecule has 24 heavy (non-hydrogen) atoms. The maximum absolute atomic E-state index is 12.8. The molecule has 2 aromatic carbocycles. The maximum Gasteiger partial charge on any atom is 0.104 e. The van der Waals surface area contributed by atoms with Crippen molar-refractivity contribution in [1.82, 2.24) is 0 Å². The van der Waals surface area contributed by atoms with Crippen LogP contribution in [0.25, 0.3) is 0 Å². The second-order valence-electron chi connectivity index (χ2n) is 5.85. The molecule has 2 unspecified atom stereocenters. The fraction of sp³-hybridized carbons (Fsp3) is 0.263. The lowest BCUT2D eigenvalue weighted by Crippen LogP contribution is -2.18. The molecule has 0 saturated heterocycles. The highest BCUT2D eigenvalue weighted by atomic mass is 35.5. The van der Waals surface area contributed by atoms with Crippen molar-refractivity contribution in [1.29, 1.82) is 0 Å². The van der Waals surface area contributed by atoms with Crippen molar-refractivity contribution >= 4 is 18.1 Å². The summed E-state index contributed by atoms with van der Waals surface area (Å²) in [6.45, 7) is 0.00306. The van der Waals surface area contributed by atoms with Crippen LogP contribution in [-0.2, 0) is 6.42 Å². The van der Waals surface area contributed by atoms with E-state index in [2.05, 4.69) is 17.4 Å². The molecule has 0 saturated carbocycles. The molecule has 1 aliphatic rings. The summed E-state index contributed by atoms with van der Waals surface area (Å²) in [5.41, 5.74) is 9.81. The van der Waals surface area contributed by atoms with Gasteiger partial charge in [-0.1, -0.05) is 42.5 Å². The van der Waals surface area contributed by atoms with Crippen molar-refractivity contribution in [3.63, 3.8) is 0 Å². The Morgan fingerprint density at radius 2 is 2.04 bits per heavy atom. The topological polar surface area (TPSA) is 58.3 Å². The van der Waals surface area contributed by atoms with Crippen LogP contribution in [0.2, 0.25) is 0 Å². The number of fused-ring (bicyclic) bond motifs is 1. The molecule has 5 heteroatoms. The van der Waals surface area contributed by atoms with Crippen LogP contribution >= 0.6 is 12.4 Å². The first-order valence-corrected chi connectivity index (χ1v) is 7.84. The van der Waals surface area contributed by atoms with Crippen LogP contribution in [0.3, 0.4) is 0 Å². The van der Waals surface area contributed by atoms with Crippen molar-refractivity contribution in [2.75, 3.05) is 11.9 Å². The molecular formula is C19H22ClFN2O. The van der Waals surface area contributed by atoms with E-state index >= 15 is 0 Å². The fourth-order valence-electron chi connectivity index (χ4n) is 3.06. The lowest BCUT2D eigenvalue weighted by Gasteiger charge is -2.28. The standard InChI is InChI=1S/C19H21FN2O.ClH/c20-11-16(12-21)19(23)15-7-9-18-14(10-15)6-8-17(22-18)13-4-2-1-3-5-13;/h1-5,7,9-11,17,19,22-23H,6,8,12,21H2;1H/b16-11-;. The molecule has 0 bridgehead atoms. The van der Waals surface area contributed by atoms with Crippen LogP contribution in [0.1, 0.15) is 35.3 Å². The van der Waals surface area contributed by atoms with E-state index in [1.54, 1.807) is 0 Å². The molecule has 2 aromatic rings. The average Bonchev–Trinajstić information content (AvgIpc) is 2.62. The number of hydrogen-bond donors (Lipinski definition) is 3. The Bertz CT molecular complexity index is 706. The Morgan fingerprint density at radius 1 is 1.29 bits per heavy atom. The highest BCUT2D eigenvalue weighted by Crippen LogP contribution is 2.34. The number of halogens is 2. The van der Waals surface area contributed by atoms with Crippen molar-refractivity contribution in [2.45, 2.75) is 25.0 Å². The Kier molecular flexibility index (Phi) is 6.37. The normalized spacial score (nSPS) is 18.1. The number of rotatable bonds is 4. The summed E-state index contributed by atoms with van der Waals surface area (Å²) in [5, 5.41) is 13.7. The SMILES string of the molecule is Cl.NC/C(=C/F)C(O)c1ccc2c(c1)CCC(c1ccccc1)N2. The van der Waals surface area contributed by atoms with Crippen LogP contribution in [0, 0.1) is 0 Å². The Balaban J connectivity index is 0.00000208.